The molecule has 0 aliphatic heterocycles. The van der Waals surface area contributed by atoms with Crippen LogP contribution in [0.15, 0.2) is 24.5 Å². The highest BCUT2D eigenvalue weighted by atomic mass is 16.3. The van der Waals surface area contributed by atoms with Crippen LogP contribution in [0, 0.1) is 46.3 Å². The Balaban J connectivity index is 1.26. The minimum absolute atomic E-state index is 0.0421. The van der Waals surface area contributed by atoms with Gasteiger partial charge in [0, 0.05) is 24.5 Å². The first-order chi connectivity index (χ1) is 16.2. The van der Waals surface area contributed by atoms with Crippen molar-refractivity contribution < 1.29 is 15.0 Å². The van der Waals surface area contributed by atoms with Crippen LogP contribution in [0.4, 0.5) is 5.69 Å². The van der Waals surface area contributed by atoms with Gasteiger partial charge in [0.1, 0.15) is 0 Å². The van der Waals surface area contributed by atoms with Crippen molar-refractivity contribution in [1.29, 1.82) is 0 Å². The number of rotatable bonds is 5. The molecule has 4 saturated carbocycles. The zero-order valence-electron chi connectivity index (χ0n) is 21.2. The van der Waals surface area contributed by atoms with E-state index >= 15 is 0 Å². The van der Waals surface area contributed by atoms with E-state index in [2.05, 4.69) is 31.1 Å². The predicted molar refractivity (Wildman–Crippen MR) is 134 cm³/mol. The van der Waals surface area contributed by atoms with Gasteiger partial charge in [0.25, 0.3) is 0 Å². The van der Waals surface area contributed by atoms with Gasteiger partial charge in [0.2, 0.25) is 5.91 Å². The summed E-state index contributed by atoms with van der Waals surface area (Å²) in [5.41, 5.74) is 1.03. The van der Waals surface area contributed by atoms with Crippen LogP contribution < -0.4 is 5.32 Å². The van der Waals surface area contributed by atoms with Crippen LogP contribution in [0.5, 0.6) is 0 Å². The van der Waals surface area contributed by atoms with Crippen molar-refractivity contribution in [2.45, 2.75) is 97.2 Å². The van der Waals surface area contributed by atoms with Gasteiger partial charge in [-0.1, -0.05) is 20.8 Å². The van der Waals surface area contributed by atoms with Crippen molar-refractivity contribution in [2.75, 3.05) is 5.32 Å². The van der Waals surface area contributed by atoms with Crippen molar-refractivity contribution in [1.82, 2.24) is 4.98 Å². The third-order valence-corrected chi connectivity index (χ3v) is 11.3. The highest BCUT2D eigenvalue weighted by Crippen LogP contribution is 2.68. The molecule has 1 amide bonds. The van der Waals surface area contributed by atoms with E-state index in [0.717, 1.165) is 37.8 Å². The summed E-state index contributed by atoms with van der Waals surface area (Å²) in [5, 5.41) is 25.0. The van der Waals surface area contributed by atoms with Gasteiger partial charge in [0.15, 0.2) is 0 Å². The van der Waals surface area contributed by atoms with E-state index in [-0.39, 0.29) is 28.9 Å². The fourth-order valence-electron chi connectivity index (χ4n) is 9.38. The molecule has 10 atom stereocenters. The second-order valence-corrected chi connectivity index (χ2v) is 12.7. The Hall–Kier alpha value is -1.46. The SMILES string of the molecule is CC(CCC(=O)Nc1ccncc1)C1CCC2C3CCC4CC(O)CCC4(C)C3CC(O)C12C. The molecule has 0 bridgehead atoms. The minimum Gasteiger partial charge on any atom is -0.393 e. The summed E-state index contributed by atoms with van der Waals surface area (Å²) in [4.78, 5) is 16.5. The minimum atomic E-state index is -0.262. The number of aromatic nitrogens is 1. The lowest BCUT2D eigenvalue weighted by atomic mass is 9.43. The molecule has 1 aromatic rings. The van der Waals surface area contributed by atoms with E-state index < -0.39 is 0 Å². The maximum Gasteiger partial charge on any atom is 0.224 e. The summed E-state index contributed by atoms with van der Waals surface area (Å²) in [6.07, 6.45) is 13.2. The average Bonchev–Trinajstić information content (AvgIpc) is 3.18. The summed E-state index contributed by atoms with van der Waals surface area (Å²) < 4.78 is 0. The molecule has 5 nitrogen and oxygen atoms in total. The summed E-state index contributed by atoms with van der Waals surface area (Å²) in [6.45, 7) is 7.16. The number of nitrogens with zero attached hydrogens (tertiary/aromatic N) is 1. The van der Waals surface area contributed by atoms with Crippen molar-refractivity contribution in [3.8, 4) is 0 Å². The van der Waals surface area contributed by atoms with Crippen molar-refractivity contribution in [3.05, 3.63) is 24.5 Å². The Morgan fingerprint density at radius 2 is 1.85 bits per heavy atom. The Kier molecular flexibility index (Phi) is 6.56. The molecule has 4 aliphatic carbocycles. The molecule has 4 aliphatic rings. The van der Waals surface area contributed by atoms with Crippen molar-refractivity contribution >= 4 is 11.6 Å². The first-order valence-electron chi connectivity index (χ1n) is 13.8. The normalized spacial score (nSPS) is 44.4. The van der Waals surface area contributed by atoms with E-state index in [1.165, 1.54) is 25.7 Å². The molecule has 1 heterocycles. The zero-order valence-corrected chi connectivity index (χ0v) is 21.2. The van der Waals surface area contributed by atoms with Crippen LogP contribution in [-0.4, -0.2) is 33.3 Å². The quantitative estimate of drug-likeness (QED) is 0.538. The third kappa shape index (κ3) is 4.01. The molecule has 0 radical (unpaired) electrons. The molecule has 10 unspecified atom stereocenters. The number of carbonyl (C=O) groups is 1. The molecule has 0 saturated heterocycles. The second kappa shape index (κ2) is 9.20. The molecule has 0 aromatic carbocycles. The van der Waals surface area contributed by atoms with Gasteiger partial charge in [-0.2, -0.15) is 0 Å². The number of hydrogen-bond donors (Lipinski definition) is 3. The van der Waals surface area contributed by atoms with Crippen LogP contribution >= 0.6 is 0 Å². The maximum absolute atomic E-state index is 12.5. The number of fused-ring (bicyclic) bond motifs is 5. The van der Waals surface area contributed by atoms with Gasteiger partial charge >= 0.3 is 0 Å². The highest BCUT2D eigenvalue weighted by molar-refractivity contribution is 5.90. The van der Waals surface area contributed by atoms with E-state index in [1.807, 2.05) is 12.1 Å². The Morgan fingerprint density at radius 3 is 2.62 bits per heavy atom. The first-order valence-corrected chi connectivity index (χ1v) is 13.8. The standard InChI is InChI=1S/C29H44N2O3/c1-18(4-9-27(34)31-20-11-14-30-15-12-20)23-7-8-24-22-6-5-19-16-21(32)10-13-28(19,2)25(22)17-26(33)29(23,24)3/h11-12,14-15,18-19,21-26,32-33H,4-10,13,16-17H2,1-3H3,(H,30,31,34). The first kappa shape index (κ1) is 24.2. The van der Waals surface area contributed by atoms with E-state index in [4.69, 9.17) is 0 Å². The molecule has 34 heavy (non-hydrogen) atoms. The Bertz CT molecular complexity index is 877. The molecular formula is C29H44N2O3. The Labute approximate surface area is 205 Å². The number of anilines is 1. The number of aliphatic hydroxyl groups excluding tert-OH is 2. The smallest absolute Gasteiger partial charge is 0.224 e. The lowest BCUT2D eigenvalue weighted by Crippen LogP contribution is -2.58. The molecule has 4 fully saturated rings. The number of pyridine rings is 1. The molecule has 188 valence electrons. The van der Waals surface area contributed by atoms with Crippen molar-refractivity contribution in [3.63, 3.8) is 0 Å². The van der Waals surface area contributed by atoms with Crippen LogP contribution in [0.3, 0.4) is 0 Å². The van der Waals surface area contributed by atoms with Crippen molar-refractivity contribution in [2.24, 2.45) is 46.3 Å². The van der Waals surface area contributed by atoms with Crippen LogP contribution in [-0.2, 0) is 4.79 Å². The van der Waals surface area contributed by atoms with Gasteiger partial charge in [-0.05, 0) is 116 Å². The van der Waals surface area contributed by atoms with Gasteiger partial charge < -0.3 is 15.5 Å². The second-order valence-electron chi connectivity index (χ2n) is 12.7. The van der Waals surface area contributed by atoms with Crippen LogP contribution in [0.2, 0.25) is 0 Å². The van der Waals surface area contributed by atoms with Gasteiger partial charge in [-0.15, -0.1) is 0 Å². The van der Waals surface area contributed by atoms with Crippen LogP contribution in [0.1, 0.15) is 85.0 Å². The fraction of sp³-hybridized carbons (Fsp3) is 0.793. The fourth-order valence-corrected chi connectivity index (χ4v) is 9.38. The summed E-state index contributed by atoms with van der Waals surface area (Å²) >= 11 is 0. The molecular weight excluding hydrogens is 424 g/mol. The molecule has 5 rings (SSSR count). The monoisotopic (exact) mass is 468 g/mol. The number of nitrogens with one attached hydrogen (secondary N) is 1. The molecule has 5 heteroatoms. The molecule has 3 N–H and O–H groups in total. The number of hydrogen-bond acceptors (Lipinski definition) is 4. The topological polar surface area (TPSA) is 82.5 Å². The number of amides is 1. The lowest BCUT2D eigenvalue weighted by molar-refractivity contribution is -0.174. The van der Waals surface area contributed by atoms with E-state index in [0.29, 0.717) is 41.9 Å². The van der Waals surface area contributed by atoms with Gasteiger partial charge in [-0.25, -0.2) is 0 Å². The van der Waals surface area contributed by atoms with Gasteiger partial charge in [-0.3, -0.25) is 9.78 Å². The van der Waals surface area contributed by atoms with E-state index in [1.54, 1.807) is 12.4 Å². The number of carbonyl (C=O) groups excluding carboxylic acids is 1. The summed E-state index contributed by atoms with van der Waals surface area (Å²) in [7, 11) is 0. The molecule has 1 aromatic heterocycles. The Morgan fingerprint density at radius 1 is 1.09 bits per heavy atom. The highest BCUT2D eigenvalue weighted by Gasteiger charge is 2.63. The predicted octanol–water partition coefficient (Wildman–Crippen LogP) is 5.43. The van der Waals surface area contributed by atoms with Gasteiger partial charge in [0.05, 0.1) is 12.2 Å². The van der Waals surface area contributed by atoms with E-state index in [9.17, 15) is 15.0 Å². The lowest BCUT2D eigenvalue weighted by Gasteiger charge is -2.62. The zero-order chi connectivity index (χ0) is 24.1. The summed E-state index contributed by atoms with van der Waals surface area (Å²) in [6, 6.07) is 3.64. The summed E-state index contributed by atoms with van der Waals surface area (Å²) in [5.74, 6) is 3.45. The molecule has 0 spiro atoms. The average molecular weight is 469 g/mol. The number of aliphatic hydroxyl groups is 2. The van der Waals surface area contributed by atoms with Crippen LogP contribution in [0.25, 0.3) is 0 Å². The largest absolute Gasteiger partial charge is 0.393 e. The third-order valence-electron chi connectivity index (χ3n) is 11.3. The maximum atomic E-state index is 12.5.